The van der Waals surface area contributed by atoms with Crippen LogP contribution in [0.1, 0.15) is 24.5 Å². The molecular formula is C20H18ClNO4. The van der Waals surface area contributed by atoms with E-state index in [9.17, 15) is 4.79 Å². The fourth-order valence-corrected chi connectivity index (χ4v) is 2.61. The normalized spacial score (nSPS) is 15.0. The van der Waals surface area contributed by atoms with Crippen LogP contribution in [0.4, 0.5) is 0 Å². The van der Waals surface area contributed by atoms with Gasteiger partial charge in [-0.3, -0.25) is 0 Å². The quantitative estimate of drug-likeness (QED) is 0.555. The fraction of sp³-hybridized carbons (Fsp3) is 0.200. The minimum Gasteiger partial charge on any atom is -0.493 e. The van der Waals surface area contributed by atoms with E-state index in [2.05, 4.69) is 4.99 Å². The number of carbonyl (C=O) groups excluding carboxylic acids is 1. The fourth-order valence-electron chi connectivity index (χ4n) is 2.42. The van der Waals surface area contributed by atoms with Crippen molar-refractivity contribution in [3.63, 3.8) is 0 Å². The van der Waals surface area contributed by atoms with E-state index >= 15 is 0 Å². The van der Waals surface area contributed by atoms with Gasteiger partial charge in [0.2, 0.25) is 5.90 Å². The molecule has 1 heterocycles. The summed E-state index contributed by atoms with van der Waals surface area (Å²) < 4.78 is 16.2. The number of carbonyl (C=O) groups is 1. The Hall–Kier alpha value is -2.79. The van der Waals surface area contributed by atoms with Gasteiger partial charge >= 0.3 is 5.97 Å². The maximum Gasteiger partial charge on any atom is 0.363 e. The second kappa shape index (κ2) is 8.06. The summed E-state index contributed by atoms with van der Waals surface area (Å²) >= 11 is 5.97. The van der Waals surface area contributed by atoms with Crippen LogP contribution in [0, 0.1) is 0 Å². The van der Waals surface area contributed by atoms with Crippen molar-refractivity contribution < 1.29 is 19.0 Å². The Morgan fingerprint density at radius 3 is 2.77 bits per heavy atom. The number of cyclic esters (lactones) is 1. The lowest BCUT2D eigenvalue weighted by Crippen LogP contribution is -2.05. The zero-order valence-electron chi connectivity index (χ0n) is 14.5. The van der Waals surface area contributed by atoms with Crippen molar-refractivity contribution in [3.8, 4) is 11.5 Å². The van der Waals surface area contributed by atoms with Crippen molar-refractivity contribution in [2.45, 2.75) is 13.3 Å². The number of aliphatic imine (C=N–C) groups is 1. The molecule has 26 heavy (non-hydrogen) atoms. The number of hydrogen-bond acceptors (Lipinski definition) is 5. The van der Waals surface area contributed by atoms with Gasteiger partial charge in [0.15, 0.2) is 17.2 Å². The first kappa shape index (κ1) is 18.0. The summed E-state index contributed by atoms with van der Waals surface area (Å²) in [6.07, 6.45) is 2.55. The summed E-state index contributed by atoms with van der Waals surface area (Å²) in [7, 11) is 1.57. The van der Waals surface area contributed by atoms with Crippen LogP contribution in [0.15, 0.2) is 53.2 Å². The Bertz CT molecular complexity index is 889. The van der Waals surface area contributed by atoms with Crippen LogP contribution >= 0.6 is 11.6 Å². The molecule has 0 bridgehead atoms. The molecule has 3 rings (SSSR count). The van der Waals surface area contributed by atoms with Crippen molar-refractivity contribution in [3.05, 3.63) is 64.3 Å². The first-order valence-corrected chi connectivity index (χ1v) is 8.58. The van der Waals surface area contributed by atoms with E-state index in [0.29, 0.717) is 28.7 Å². The molecule has 0 amide bonds. The van der Waals surface area contributed by atoms with Crippen LogP contribution in [-0.4, -0.2) is 25.6 Å². The van der Waals surface area contributed by atoms with Gasteiger partial charge in [0.1, 0.15) is 0 Å². The van der Waals surface area contributed by atoms with Gasteiger partial charge in [0.05, 0.1) is 13.7 Å². The molecule has 0 aliphatic carbocycles. The third kappa shape index (κ3) is 4.06. The van der Waals surface area contributed by atoms with Gasteiger partial charge in [-0.2, -0.15) is 0 Å². The highest BCUT2D eigenvalue weighted by molar-refractivity contribution is 6.31. The van der Waals surface area contributed by atoms with Gasteiger partial charge in [-0.15, -0.1) is 0 Å². The molecule has 0 N–H and O–H groups in total. The molecule has 0 radical (unpaired) electrons. The zero-order chi connectivity index (χ0) is 18.5. The van der Waals surface area contributed by atoms with Crippen LogP contribution in [0.2, 0.25) is 5.02 Å². The first-order chi connectivity index (χ1) is 12.6. The average molecular weight is 372 g/mol. The van der Waals surface area contributed by atoms with Crippen LogP contribution in [0.5, 0.6) is 11.5 Å². The van der Waals surface area contributed by atoms with Crippen LogP contribution in [0.3, 0.4) is 0 Å². The third-order valence-electron chi connectivity index (χ3n) is 3.64. The van der Waals surface area contributed by atoms with Crippen molar-refractivity contribution in [1.29, 1.82) is 0 Å². The number of halogens is 1. The SMILES string of the molecule is CCCOc1ccc(/C=C2/N=C(c3cccc(Cl)c3)OC2=O)cc1OC. The molecule has 1 aliphatic rings. The molecule has 0 atom stereocenters. The molecule has 0 fully saturated rings. The standard InChI is InChI=1S/C20H18ClNO4/c1-3-9-25-17-8-7-13(11-18(17)24-2)10-16-20(23)26-19(22-16)14-5-4-6-15(21)12-14/h4-8,10-12H,3,9H2,1-2H3/b16-10+. The maximum absolute atomic E-state index is 12.1. The molecule has 0 unspecified atom stereocenters. The Morgan fingerprint density at radius 2 is 2.04 bits per heavy atom. The topological polar surface area (TPSA) is 57.1 Å². The number of ether oxygens (including phenoxy) is 3. The molecule has 134 valence electrons. The second-order valence-electron chi connectivity index (χ2n) is 5.61. The summed E-state index contributed by atoms with van der Waals surface area (Å²) in [6.45, 7) is 2.64. The molecule has 2 aromatic carbocycles. The average Bonchev–Trinajstić information content (AvgIpc) is 3.01. The van der Waals surface area contributed by atoms with E-state index in [-0.39, 0.29) is 11.6 Å². The van der Waals surface area contributed by atoms with Crippen molar-refractivity contribution in [2.75, 3.05) is 13.7 Å². The molecule has 0 saturated carbocycles. The number of methoxy groups -OCH3 is 1. The van der Waals surface area contributed by atoms with Crippen LogP contribution in [0.25, 0.3) is 6.08 Å². The smallest absolute Gasteiger partial charge is 0.363 e. The number of nitrogens with zero attached hydrogens (tertiary/aromatic N) is 1. The molecule has 6 heteroatoms. The Labute approximate surface area is 156 Å². The lowest BCUT2D eigenvalue weighted by Gasteiger charge is -2.10. The molecule has 0 spiro atoms. The van der Waals surface area contributed by atoms with Crippen molar-refractivity contribution >= 4 is 29.5 Å². The lowest BCUT2D eigenvalue weighted by atomic mass is 10.1. The largest absolute Gasteiger partial charge is 0.493 e. The number of benzene rings is 2. The van der Waals surface area contributed by atoms with Gasteiger partial charge in [0.25, 0.3) is 0 Å². The molecule has 5 nitrogen and oxygen atoms in total. The Balaban J connectivity index is 1.88. The van der Waals surface area contributed by atoms with Crippen LogP contribution in [-0.2, 0) is 9.53 Å². The zero-order valence-corrected chi connectivity index (χ0v) is 15.2. The van der Waals surface area contributed by atoms with Gasteiger partial charge < -0.3 is 14.2 Å². The Morgan fingerprint density at radius 1 is 1.19 bits per heavy atom. The second-order valence-corrected chi connectivity index (χ2v) is 6.04. The number of hydrogen-bond donors (Lipinski definition) is 0. The van der Waals surface area contributed by atoms with E-state index in [0.717, 1.165) is 12.0 Å². The molecular weight excluding hydrogens is 354 g/mol. The van der Waals surface area contributed by atoms with Gasteiger partial charge in [-0.25, -0.2) is 9.79 Å². The van der Waals surface area contributed by atoms with E-state index in [1.165, 1.54) is 0 Å². The van der Waals surface area contributed by atoms with E-state index < -0.39 is 5.97 Å². The first-order valence-electron chi connectivity index (χ1n) is 8.20. The summed E-state index contributed by atoms with van der Waals surface area (Å²) in [5, 5.41) is 0.547. The van der Waals surface area contributed by atoms with Gasteiger partial charge in [-0.05, 0) is 48.4 Å². The summed E-state index contributed by atoms with van der Waals surface area (Å²) in [5.41, 5.74) is 1.62. The summed E-state index contributed by atoms with van der Waals surface area (Å²) in [6, 6.07) is 12.4. The maximum atomic E-state index is 12.1. The van der Waals surface area contributed by atoms with Crippen molar-refractivity contribution in [1.82, 2.24) is 0 Å². The summed E-state index contributed by atoms with van der Waals surface area (Å²) in [4.78, 5) is 16.4. The monoisotopic (exact) mass is 371 g/mol. The van der Waals surface area contributed by atoms with E-state index in [1.54, 1.807) is 43.5 Å². The van der Waals surface area contributed by atoms with Crippen molar-refractivity contribution in [2.24, 2.45) is 4.99 Å². The molecule has 0 aromatic heterocycles. The minimum atomic E-state index is -0.509. The van der Waals surface area contributed by atoms with Crippen LogP contribution < -0.4 is 9.47 Å². The Kier molecular flexibility index (Phi) is 5.58. The molecule has 0 saturated heterocycles. The highest BCUT2D eigenvalue weighted by atomic mass is 35.5. The lowest BCUT2D eigenvalue weighted by molar-refractivity contribution is -0.129. The van der Waals surface area contributed by atoms with Gasteiger partial charge in [-0.1, -0.05) is 30.7 Å². The predicted octanol–water partition coefficient (Wildman–Crippen LogP) is 4.48. The minimum absolute atomic E-state index is 0.212. The van der Waals surface area contributed by atoms with E-state index in [1.807, 2.05) is 19.1 Å². The van der Waals surface area contributed by atoms with E-state index in [4.69, 9.17) is 25.8 Å². The predicted molar refractivity (Wildman–Crippen MR) is 101 cm³/mol. The highest BCUT2D eigenvalue weighted by Crippen LogP contribution is 2.30. The number of rotatable bonds is 6. The summed E-state index contributed by atoms with van der Waals surface area (Å²) in [5.74, 6) is 0.982. The molecule has 2 aromatic rings. The van der Waals surface area contributed by atoms with Gasteiger partial charge in [0, 0.05) is 10.6 Å². The third-order valence-corrected chi connectivity index (χ3v) is 3.88. The molecule has 1 aliphatic heterocycles. The number of esters is 1. The highest BCUT2D eigenvalue weighted by Gasteiger charge is 2.24.